The lowest BCUT2D eigenvalue weighted by atomic mass is 10.0. The average molecular weight is 313 g/mol. The number of carbonyl (C=O) groups is 1. The van der Waals surface area contributed by atoms with Gasteiger partial charge in [0, 0.05) is 5.69 Å². The van der Waals surface area contributed by atoms with Gasteiger partial charge in [0.15, 0.2) is 0 Å². The zero-order valence-electron chi connectivity index (χ0n) is 12.8. The van der Waals surface area contributed by atoms with E-state index in [-0.39, 0.29) is 12.5 Å². The highest BCUT2D eigenvalue weighted by atomic mass is 35.5. The number of carbonyl (C=O) groups excluding carboxylic acids is 1. The van der Waals surface area contributed by atoms with Crippen molar-refractivity contribution >= 4 is 28.9 Å². The molecule has 1 rings (SSSR count). The van der Waals surface area contributed by atoms with Crippen molar-refractivity contribution in [2.75, 3.05) is 24.3 Å². The van der Waals surface area contributed by atoms with Crippen molar-refractivity contribution in [3.8, 4) is 0 Å². The molecule has 1 aromatic carbocycles. The summed E-state index contributed by atoms with van der Waals surface area (Å²) in [5.74, 6) is 0.353. The second-order valence-corrected chi connectivity index (χ2v) is 5.62. The van der Waals surface area contributed by atoms with Crippen LogP contribution >= 0.6 is 11.6 Å². The SMILES string of the molecule is CCCCC(CC)COCC(=O)Nc1ccc(Cl)c(N)c1. The minimum absolute atomic E-state index is 0.0607. The van der Waals surface area contributed by atoms with Gasteiger partial charge in [-0.1, -0.05) is 44.7 Å². The van der Waals surface area contributed by atoms with Gasteiger partial charge in [-0.25, -0.2) is 0 Å². The number of nitrogens with one attached hydrogen (secondary N) is 1. The fourth-order valence-electron chi connectivity index (χ4n) is 2.03. The van der Waals surface area contributed by atoms with Gasteiger partial charge in [0.2, 0.25) is 5.91 Å². The topological polar surface area (TPSA) is 64.3 Å². The van der Waals surface area contributed by atoms with E-state index in [0.29, 0.717) is 28.9 Å². The first-order valence-corrected chi connectivity index (χ1v) is 7.87. The Morgan fingerprint density at radius 2 is 2.19 bits per heavy atom. The van der Waals surface area contributed by atoms with Crippen molar-refractivity contribution in [1.29, 1.82) is 0 Å². The molecule has 5 heteroatoms. The monoisotopic (exact) mass is 312 g/mol. The van der Waals surface area contributed by atoms with Gasteiger partial charge < -0.3 is 15.8 Å². The molecule has 3 N–H and O–H groups in total. The van der Waals surface area contributed by atoms with Crippen LogP contribution in [-0.2, 0) is 9.53 Å². The van der Waals surface area contributed by atoms with Crippen LogP contribution in [0.3, 0.4) is 0 Å². The van der Waals surface area contributed by atoms with Crippen LogP contribution in [0.5, 0.6) is 0 Å². The van der Waals surface area contributed by atoms with Crippen LogP contribution in [-0.4, -0.2) is 19.1 Å². The number of ether oxygens (including phenoxy) is 1. The molecule has 1 aromatic rings. The van der Waals surface area contributed by atoms with Crippen molar-refractivity contribution in [1.82, 2.24) is 0 Å². The van der Waals surface area contributed by atoms with Crippen molar-refractivity contribution < 1.29 is 9.53 Å². The van der Waals surface area contributed by atoms with E-state index < -0.39 is 0 Å². The van der Waals surface area contributed by atoms with Crippen molar-refractivity contribution in [3.05, 3.63) is 23.2 Å². The molecule has 118 valence electrons. The molecule has 0 saturated carbocycles. The summed E-state index contributed by atoms with van der Waals surface area (Å²) in [7, 11) is 0. The summed E-state index contributed by atoms with van der Waals surface area (Å²) >= 11 is 5.83. The number of hydrogen-bond acceptors (Lipinski definition) is 3. The van der Waals surface area contributed by atoms with Gasteiger partial charge in [-0.2, -0.15) is 0 Å². The Morgan fingerprint density at radius 1 is 1.43 bits per heavy atom. The number of halogens is 1. The Labute approximate surface area is 132 Å². The van der Waals surface area contributed by atoms with Crippen molar-refractivity contribution in [3.63, 3.8) is 0 Å². The third-order valence-corrected chi connectivity index (χ3v) is 3.75. The molecular formula is C16H25ClN2O2. The second kappa shape index (κ2) is 9.64. The van der Waals surface area contributed by atoms with Crippen molar-refractivity contribution in [2.24, 2.45) is 5.92 Å². The molecule has 0 aliphatic heterocycles. The van der Waals surface area contributed by atoms with E-state index >= 15 is 0 Å². The molecule has 0 aromatic heterocycles. The smallest absolute Gasteiger partial charge is 0.250 e. The van der Waals surface area contributed by atoms with Gasteiger partial charge in [-0.3, -0.25) is 4.79 Å². The molecule has 1 unspecified atom stereocenters. The van der Waals surface area contributed by atoms with Gasteiger partial charge in [-0.05, 0) is 30.5 Å². The second-order valence-electron chi connectivity index (χ2n) is 5.22. The van der Waals surface area contributed by atoms with Crippen LogP contribution < -0.4 is 11.1 Å². The van der Waals surface area contributed by atoms with Gasteiger partial charge in [0.05, 0.1) is 17.3 Å². The van der Waals surface area contributed by atoms with Crippen LogP contribution in [0, 0.1) is 5.92 Å². The molecule has 0 heterocycles. The summed E-state index contributed by atoms with van der Waals surface area (Å²) < 4.78 is 5.50. The zero-order chi connectivity index (χ0) is 15.7. The highest BCUT2D eigenvalue weighted by molar-refractivity contribution is 6.33. The van der Waals surface area contributed by atoms with Crippen molar-refractivity contribution in [2.45, 2.75) is 39.5 Å². The Bertz CT molecular complexity index is 452. The van der Waals surface area contributed by atoms with Crippen LogP contribution in [0.4, 0.5) is 11.4 Å². The Kier molecular flexibility index (Phi) is 8.16. The maximum Gasteiger partial charge on any atom is 0.250 e. The summed E-state index contributed by atoms with van der Waals surface area (Å²) in [6, 6.07) is 5.01. The predicted molar refractivity (Wildman–Crippen MR) is 88.6 cm³/mol. The molecule has 0 bridgehead atoms. The Hall–Kier alpha value is -1.26. The summed E-state index contributed by atoms with van der Waals surface area (Å²) in [4.78, 5) is 11.8. The molecule has 0 aliphatic rings. The molecule has 0 spiro atoms. The Morgan fingerprint density at radius 3 is 2.81 bits per heavy atom. The minimum atomic E-state index is -0.179. The van der Waals surface area contributed by atoms with Crippen LogP contribution in [0.15, 0.2) is 18.2 Å². The van der Waals surface area contributed by atoms with E-state index in [0.717, 1.165) is 12.8 Å². The fraction of sp³-hybridized carbons (Fsp3) is 0.562. The summed E-state index contributed by atoms with van der Waals surface area (Å²) in [5.41, 5.74) is 6.76. The number of hydrogen-bond donors (Lipinski definition) is 2. The van der Waals surface area contributed by atoms with E-state index in [1.54, 1.807) is 18.2 Å². The number of nitrogens with two attached hydrogens (primary N) is 1. The first-order chi connectivity index (χ1) is 10.1. The first-order valence-electron chi connectivity index (χ1n) is 7.49. The fourth-order valence-corrected chi connectivity index (χ4v) is 2.15. The summed E-state index contributed by atoms with van der Waals surface area (Å²) in [6.45, 7) is 5.02. The van der Waals surface area contributed by atoms with Gasteiger partial charge in [0.1, 0.15) is 6.61 Å². The van der Waals surface area contributed by atoms with Crippen LogP contribution in [0.2, 0.25) is 5.02 Å². The standard InChI is InChI=1S/C16H25ClN2O2/c1-3-5-6-12(4-2)10-21-11-16(20)19-13-7-8-14(17)15(18)9-13/h7-9,12H,3-6,10-11,18H2,1-2H3,(H,19,20). The number of rotatable bonds is 9. The van der Waals surface area contributed by atoms with Gasteiger partial charge in [0.25, 0.3) is 0 Å². The zero-order valence-corrected chi connectivity index (χ0v) is 13.6. The summed E-state index contributed by atoms with van der Waals surface area (Å²) in [6.07, 6.45) is 4.63. The third kappa shape index (κ3) is 6.82. The number of benzene rings is 1. The Balaban J connectivity index is 2.31. The van der Waals surface area contributed by atoms with Crippen LogP contribution in [0.25, 0.3) is 0 Å². The highest BCUT2D eigenvalue weighted by Gasteiger charge is 2.08. The van der Waals surface area contributed by atoms with E-state index in [2.05, 4.69) is 19.2 Å². The third-order valence-electron chi connectivity index (χ3n) is 3.41. The van der Waals surface area contributed by atoms with E-state index in [1.165, 1.54) is 12.8 Å². The number of nitrogen functional groups attached to an aromatic ring is 1. The molecule has 0 fully saturated rings. The molecule has 21 heavy (non-hydrogen) atoms. The van der Waals surface area contributed by atoms with Gasteiger partial charge in [-0.15, -0.1) is 0 Å². The van der Waals surface area contributed by atoms with E-state index in [9.17, 15) is 4.79 Å². The molecule has 1 atom stereocenters. The first kappa shape index (κ1) is 17.8. The average Bonchev–Trinajstić information content (AvgIpc) is 2.46. The largest absolute Gasteiger partial charge is 0.397 e. The van der Waals surface area contributed by atoms with E-state index in [1.807, 2.05) is 0 Å². The lowest BCUT2D eigenvalue weighted by Crippen LogP contribution is -2.20. The molecule has 0 aliphatic carbocycles. The predicted octanol–water partition coefficient (Wildman–Crippen LogP) is 4.09. The van der Waals surface area contributed by atoms with E-state index in [4.69, 9.17) is 22.1 Å². The summed E-state index contributed by atoms with van der Waals surface area (Å²) in [5, 5.41) is 3.22. The maximum atomic E-state index is 11.8. The quantitative estimate of drug-likeness (QED) is 0.675. The lowest BCUT2D eigenvalue weighted by molar-refractivity contribution is -0.121. The molecule has 0 radical (unpaired) electrons. The lowest BCUT2D eigenvalue weighted by Gasteiger charge is -2.14. The minimum Gasteiger partial charge on any atom is -0.397 e. The maximum absolute atomic E-state index is 11.8. The molecule has 1 amide bonds. The van der Waals surface area contributed by atoms with Gasteiger partial charge >= 0.3 is 0 Å². The normalized spacial score (nSPS) is 12.1. The van der Waals surface area contributed by atoms with Crippen LogP contribution in [0.1, 0.15) is 39.5 Å². The number of unbranched alkanes of at least 4 members (excludes halogenated alkanes) is 1. The number of anilines is 2. The number of amides is 1. The highest BCUT2D eigenvalue weighted by Crippen LogP contribution is 2.22. The molecule has 0 saturated heterocycles. The molecule has 4 nitrogen and oxygen atoms in total. The molecular weight excluding hydrogens is 288 g/mol.